The van der Waals surface area contributed by atoms with Gasteiger partial charge in [0.15, 0.2) is 5.65 Å². The van der Waals surface area contributed by atoms with Crippen LogP contribution in [0.5, 0.6) is 0 Å². The first-order valence-electron chi connectivity index (χ1n) is 7.52. The van der Waals surface area contributed by atoms with Crippen molar-refractivity contribution in [2.75, 3.05) is 25.4 Å². The maximum Gasteiger partial charge on any atom is 0.202 e. The Bertz CT molecular complexity index is 596. The topological polar surface area (TPSA) is 60.0 Å². The van der Waals surface area contributed by atoms with E-state index in [0.717, 1.165) is 42.8 Å². The van der Waals surface area contributed by atoms with Gasteiger partial charge >= 0.3 is 0 Å². The van der Waals surface area contributed by atoms with Gasteiger partial charge in [0.1, 0.15) is 5.52 Å². The number of hydrogen-bond acceptors (Lipinski definition) is 4. The number of piperidine rings is 1. The van der Waals surface area contributed by atoms with E-state index in [1.807, 2.05) is 19.1 Å². The van der Waals surface area contributed by atoms with Gasteiger partial charge in [-0.1, -0.05) is 6.92 Å². The van der Waals surface area contributed by atoms with Crippen LogP contribution in [0.15, 0.2) is 12.1 Å². The fraction of sp³-hybridized carbons (Fsp3) is 0.600. The van der Waals surface area contributed by atoms with E-state index in [0.29, 0.717) is 12.0 Å². The molecule has 5 heteroatoms. The molecule has 0 bridgehead atoms. The molecule has 3 heterocycles. The summed E-state index contributed by atoms with van der Waals surface area (Å²) in [4.78, 5) is 11.6. The summed E-state index contributed by atoms with van der Waals surface area (Å²) in [5, 5.41) is 0. The average Bonchev–Trinajstić information content (AvgIpc) is 2.76. The maximum absolute atomic E-state index is 6.13. The molecule has 0 atom stereocenters. The zero-order chi connectivity index (χ0) is 14.1. The van der Waals surface area contributed by atoms with Gasteiger partial charge in [-0.15, -0.1) is 0 Å². The number of aryl methyl sites for hydroxylation is 1. The van der Waals surface area contributed by atoms with Gasteiger partial charge in [-0.3, -0.25) is 4.57 Å². The smallest absolute Gasteiger partial charge is 0.202 e. The van der Waals surface area contributed by atoms with E-state index < -0.39 is 0 Å². The summed E-state index contributed by atoms with van der Waals surface area (Å²) in [6, 6.07) is 4.43. The molecular formula is C15H23N5. The molecule has 2 aromatic rings. The molecule has 0 amide bonds. The zero-order valence-electron chi connectivity index (χ0n) is 12.3. The third kappa shape index (κ3) is 2.38. The molecule has 108 valence electrons. The molecule has 0 aromatic carbocycles. The second-order valence-corrected chi connectivity index (χ2v) is 5.71. The monoisotopic (exact) mass is 273 g/mol. The average molecular weight is 273 g/mol. The summed E-state index contributed by atoms with van der Waals surface area (Å²) in [7, 11) is 0. The van der Waals surface area contributed by atoms with Crippen LogP contribution in [0.25, 0.3) is 11.2 Å². The number of rotatable bonds is 3. The van der Waals surface area contributed by atoms with Crippen molar-refractivity contribution in [2.24, 2.45) is 0 Å². The standard InChI is InChI=1S/C15H23N5/c1-3-8-19-9-6-12(7-10-19)20-14-13(18-15(20)16)5-4-11(2)17-14/h4-5,12H,3,6-10H2,1-2H3,(H2,16,18). The van der Waals surface area contributed by atoms with E-state index >= 15 is 0 Å². The lowest BCUT2D eigenvalue weighted by atomic mass is 10.0. The van der Waals surface area contributed by atoms with Gasteiger partial charge in [-0.25, -0.2) is 9.97 Å². The summed E-state index contributed by atoms with van der Waals surface area (Å²) < 4.78 is 2.14. The van der Waals surface area contributed by atoms with Gasteiger partial charge in [-0.2, -0.15) is 0 Å². The van der Waals surface area contributed by atoms with Crippen LogP contribution in [0.1, 0.15) is 37.9 Å². The number of pyridine rings is 1. The molecule has 0 aliphatic carbocycles. The molecular weight excluding hydrogens is 250 g/mol. The van der Waals surface area contributed by atoms with E-state index in [4.69, 9.17) is 5.73 Å². The van der Waals surface area contributed by atoms with Crippen molar-refractivity contribution in [1.82, 2.24) is 19.4 Å². The number of nitrogen functional groups attached to an aromatic ring is 1. The van der Waals surface area contributed by atoms with Gasteiger partial charge in [0.2, 0.25) is 5.95 Å². The third-order valence-electron chi connectivity index (χ3n) is 4.17. The number of imidazole rings is 1. The number of likely N-dealkylation sites (tertiary alicyclic amines) is 1. The number of anilines is 1. The minimum atomic E-state index is 0.433. The molecule has 1 fully saturated rings. The number of aromatic nitrogens is 3. The Hall–Kier alpha value is -1.62. The molecule has 5 nitrogen and oxygen atoms in total. The number of hydrogen-bond donors (Lipinski definition) is 1. The van der Waals surface area contributed by atoms with Crippen molar-refractivity contribution < 1.29 is 0 Å². The molecule has 0 radical (unpaired) electrons. The summed E-state index contributed by atoms with van der Waals surface area (Å²) in [5.41, 5.74) is 8.99. The van der Waals surface area contributed by atoms with Crippen LogP contribution in [0.4, 0.5) is 5.95 Å². The lowest BCUT2D eigenvalue weighted by Crippen LogP contribution is -2.35. The van der Waals surface area contributed by atoms with Crippen LogP contribution in [0.3, 0.4) is 0 Å². The Balaban J connectivity index is 1.87. The van der Waals surface area contributed by atoms with Gasteiger partial charge in [0, 0.05) is 24.8 Å². The van der Waals surface area contributed by atoms with Crippen LogP contribution in [0.2, 0.25) is 0 Å². The number of nitrogens with two attached hydrogens (primary N) is 1. The van der Waals surface area contributed by atoms with E-state index in [9.17, 15) is 0 Å². The van der Waals surface area contributed by atoms with Crippen LogP contribution < -0.4 is 5.73 Å². The normalized spacial score (nSPS) is 17.9. The molecule has 0 saturated carbocycles. The Morgan fingerprint density at radius 2 is 2.00 bits per heavy atom. The van der Waals surface area contributed by atoms with Crippen molar-refractivity contribution in [3.63, 3.8) is 0 Å². The van der Waals surface area contributed by atoms with Crippen molar-refractivity contribution in [2.45, 2.75) is 39.2 Å². The van der Waals surface area contributed by atoms with E-state index in [-0.39, 0.29) is 0 Å². The molecule has 0 spiro atoms. The lowest BCUT2D eigenvalue weighted by molar-refractivity contribution is 0.189. The first kappa shape index (κ1) is 13.4. The highest BCUT2D eigenvalue weighted by molar-refractivity contribution is 5.74. The first-order valence-corrected chi connectivity index (χ1v) is 7.52. The van der Waals surface area contributed by atoms with E-state index in [1.165, 1.54) is 13.0 Å². The highest BCUT2D eigenvalue weighted by Crippen LogP contribution is 2.29. The van der Waals surface area contributed by atoms with E-state index in [2.05, 4.69) is 26.4 Å². The minimum Gasteiger partial charge on any atom is -0.369 e. The van der Waals surface area contributed by atoms with Crippen molar-refractivity contribution >= 4 is 17.1 Å². The summed E-state index contributed by atoms with van der Waals surface area (Å²) in [6.45, 7) is 7.73. The van der Waals surface area contributed by atoms with E-state index in [1.54, 1.807) is 0 Å². The molecule has 2 aromatic heterocycles. The molecule has 0 unspecified atom stereocenters. The molecule has 20 heavy (non-hydrogen) atoms. The first-order chi connectivity index (χ1) is 9.69. The van der Waals surface area contributed by atoms with Crippen LogP contribution in [0, 0.1) is 6.92 Å². The SMILES string of the molecule is CCCN1CCC(n2c(N)nc3ccc(C)nc32)CC1. The predicted octanol–water partition coefficient (Wildman–Crippen LogP) is 2.37. The molecule has 1 aliphatic heterocycles. The van der Waals surface area contributed by atoms with Crippen molar-refractivity contribution in [1.29, 1.82) is 0 Å². The lowest BCUT2D eigenvalue weighted by Gasteiger charge is -2.32. The van der Waals surface area contributed by atoms with Crippen molar-refractivity contribution in [3.8, 4) is 0 Å². The Morgan fingerprint density at radius 3 is 2.70 bits per heavy atom. The zero-order valence-corrected chi connectivity index (χ0v) is 12.3. The number of nitrogens with zero attached hydrogens (tertiary/aromatic N) is 4. The summed E-state index contributed by atoms with van der Waals surface area (Å²) >= 11 is 0. The third-order valence-corrected chi connectivity index (χ3v) is 4.17. The summed E-state index contributed by atoms with van der Waals surface area (Å²) in [5.74, 6) is 0.604. The second-order valence-electron chi connectivity index (χ2n) is 5.71. The highest BCUT2D eigenvalue weighted by Gasteiger charge is 2.23. The minimum absolute atomic E-state index is 0.433. The summed E-state index contributed by atoms with van der Waals surface area (Å²) in [6.07, 6.45) is 3.48. The van der Waals surface area contributed by atoms with Gasteiger partial charge in [0.25, 0.3) is 0 Å². The Labute approximate surface area is 119 Å². The second kappa shape index (κ2) is 5.40. The molecule has 1 saturated heterocycles. The van der Waals surface area contributed by atoms with Crippen LogP contribution >= 0.6 is 0 Å². The molecule has 2 N–H and O–H groups in total. The van der Waals surface area contributed by atoms with Gasteiger partial charge in [0.05, 0.1) is 0 Å². The fourth-order valence-electron chi connectivity index (χ4n) is 3.16. The highest BCUT2D eigenvalue weighted by atomic mass is 15.2. The maximum atomic E-state index is 6.13. The molecule has 3 rings (SSSR count). The quantitative estimate of drug-likeness (QED) is 0.932. The van der Waals surface area contributed by atoms with Crippen LogP contribution in [-0.2, 0) is 0 Å². The van der Waals surface area contributed by atoms with Gasteiger partial charge < -0.3 is 10.6 Å². The Kier molecular flexibility index (Phi) is 3.61. The van der Waals surface area contributed by atoms with Crippen molar-refractivity contribution in [3.05, 3.63) is 17.8 Å². The number of fused-ring (bicyclic) bond motifs is 1. The van der Waals surface area contributed by atoms with Gasteiger partial charge in [-0.05, 0) is 44.9 Å². The Morgan fingerprint density at radius 1 is 1.25 bits per heavy atom. The molecule has 1 aliphatic rings. The fourth-order valence-corrected chi connectivity index (χ4v) is 3.16. The largest absolute Gasteiger partial charge is 0.369 e. The predicted molar refractivity (Wildman–Crippen MR) is 81.7 cm³/mol. The van der Waals surface area contributed by atoms with Crippen LogP contribution in [-0.4, -0.2) is 39.1 Å².